The molecule has 10 heavy (non-hydrogen) atoms. The fraction of sp³-hybridized carbons (Fsp3) is 0. The second-order valence-electron chi connectivity index (χ2n) is 1.83. The Morgan fingerprint density at radius 2 is 2.30 bits per heavy atom. The predicted octanol–water partition coefficient (Wildman–Crippen LogP) is 0.668. The van der Waals surface area contributed by atoms with Crippen LogP contribution in [0, 0.1) is 0 Å². The highest BCUT2D eigenvalue weighted by Gasteiger charge is 1.99. The van der Waals surface area contributed by atoms with Gasteiger partial charge in [-0.1, -0.05) is 0 Å². The van der Waals surface area contributed by atoms with Crippen LogP contribution in [0.15, 0.2) is 12.4 Å². The summed E-state index contributed by atoms with van der Waals surface area (Å²) in [4.78, 5) is 0. The van der Waals surface area contributed by atoms with Crippen molar-refractivity contribution in [3.05, 3.63) is 12.4 Å². The fourth-order valence-electron chi connectivity index (χ4n) is 0.731. The first kappa shape index (κ1) is 5.55. The Morgan fingerprint density at radius 3 is 3.10 bits per heavy atom. The van der Waals surface area contributed by atoms with E-state index in [0.29, 0.717) is 5.82 Å². The Kier molecular flexibility index (Phi) is 1.04. The third-order valence-corrected chi connectivity index (χ3v) is 1.95. The summed E-state index contributed by atoms with van der Waals surface area (Å²) in [6.07, 6.45) is 3.35. The molecule has 0 aromatic carbocycles. The molecule has 0 atom stereocenters. The molecule has 0 amide bonds. The summed E-state index contributed by atoms with van der Waals surface area (Å²) in [5.74, 6) is 0.450. The van der Waals surface area contributed by atoms with Crippen LogP contribution >= 0.6 is 11.5 Å². The van der Waals surface area contributed by atoms with Gasteiger partial charge in [-0.25, -0.2) is 0 Å². The first-order chi connectivity index (χ1) is 4.88. The molecule has 0 bridgehead atoms. The fourth-order valence-corrected chi connectivity index (χ4v) is 1.35. The van der Waals surface area contributed by atoms with E-state index in [4.69, 9.17) is 5.73 Å². The third kappa shape index (κ3) is 0.640. The maximum Gasteiger partial charge on any atom is 0.156 e. The molecular formula is C5H4N4S. The van der Waals surface area contributed by atoms with E-state index in [1.165, 1.54) is 11.5 Å². The molecule has 50 valence electrons. The van der Waals surface area contributed by atoms with E-state index >= 15 is 0 Å². The van der Waals surface area contributed by atoms with Crippen molar-refractivity contribution in [2.45, 2.75) is 0 Å². The average molecular weight is 152 g/mol. The molecule has 2 N–H and O–H groups in total. The maximum absolute atomic E-state index is 5.49. The Balaban J connectivity index is 2.95. The number of nitrogens with two attached hydrogens (primary N) is 1. The Bertz CT molecular complexity index is 355. The van der Waals surface area contributed by atoms with Crippen molar-refractivity contribution in [1.29, 1.82) is 0 Å². The number of hydrogen-bond donors (Lipinski definition) is 1. The lowest BCUT2D eigenvalue weighted by Crippen LogP contribution is -1.91. The smallest absolute Gasteiger partial charge is 0.156 e. The van der Waals surface area contributed by atoms with Crippen LogP contribution in [0.2, 0.25) is 0 Å². The normalized spacial score (nSPS) is 10.4. The van der Waals surface area contributed by atoms with Gasteiger partial charge in [-0.15, -0.1) is 5.10 Å². The van der Waals surface area contributed by atoms with E-state index in [0.717, 1.165) is 10.1 Å². The molecule has 2 aromatic rings. The number of nitrogens with zero attached hydrogens (tertiary/aromatic N) is 3. The zero-order valence-electron chi connectivity index (χ0n) is 4.98. The highest BCUT2D eigenvalue weighted by molar-refractivity contribution is 7.13. The molecular weight excluding hydrogens is 148 g/mol. The quantitative estimate of drug-likeness (QED) is 0.602. The van der Waals surface area contributed by atoms with Crippen LogP contribution in [0.5, 0.6) is 0 Å². The molecule has 0 saturated heterocycles. The van der Waals surface area contributed by atoms with Gasteiger partial charge in [-0.05, 0) is 11.5 Å². The lowest BCUT2D eigenvalue weighted by molar-refractivity contribution is 1.06. The summed E-state index contributed by atoms with van der Waals surface area (Å²) in [7, 11) is 0. The lowest BCUT2D eigenvalue weighted by atomic mass is 10.4. The minimum Gasteiger partial charge on any atom is -0.382 e. The van der Waals surface area contributed by atoms with Crippen LogP contribution in [0.25, 0.3) is 10.1 Å². The van der Waals surface area contributed by atoms with Gasteiger partial charge in [0.2, 0.25) is 0 Å². The van der Waals surface area contributed by atoms with Gasteiger partial charge in [-0.3, -0.25) is 0 Å². The molecule has 0 saturated carbocycles. The van der Waals surface area contributed by atoms with Gasteiger partial charge in [0.25, 0.3) is 0 Å². The minimum atomic E-state index is 0.450. The van der Waals surface area contributed by atoms with Crippen LogP contribution in [0.3, 0.4) is 0 Å². The van der Waals surface area contributed by atoms with Crippen molar-refractivity contribution in [1.82, 2.24) is 14.6 Å². The topological polar surface area (TPSA) is 64.7 Å². The first-order valence-corrected chi connectivity index (χ1v) is 3.47. The van der Waals surface area contributed by atoms with Crippen LogP contribution in [0.4, 0.5) is 5.82 Å². The van der Waals surface area contributed by atoms with E-state index in [1.54, 1.807) is 12.4 Å². The van der Waals surface area contributed by atoms with Gasteiger partial charge in [0.1, 0.15) is 0 Å². The summed E-state index contributed by atoms with van der Waals surface area (Å²) in [6.45, 7) is 0. The molecule has 0 fully saturated rings. The number of fused-ring (bicyclic) bond motifs is 1. The maximum atomic E-state index is 5.49. The summed E-state index contributed by atoms with van der Waals surface area (Å²) >= 11 is 1.37. The largest absolute Gasteiger partial charge is 0.382 e. The van der Waals surface area contributed by atoms with Crippen molar-refractivity contribution in [2.24, 2.45) is 0 Å². The summed E-state index contributed by atoms with van der Waals surface area (Å²) in [5.41, 5.74) is 5.49. The van der Waals surface area contributed by atoms with E-state index in [9.17, 15) is 0 Å². The predicted molar refractivity (Wildman–Crippen MR) is 39.6 cm³/mol. The summed E-state index contributed by atoms with van der Waals surface area (Å²) in [6, 6.07) is 0. The van der Waals surface area contributed by atoms with Crippen LogP contribution in [0.1, 0.15) is 0 Å². The molecule has 0 aliphatic carbocycles. The molecule has 2 rings (SSSR count). The second kappa shape index (κ2) is 1.88. The molecule has 0 aliphatic rings. The zero-order valence-corrected chi connectivity index (χ0v) is 5.80. The molecule has 4 nitrogen and oxygen atoms in total. The minimum absolute atomic E-state index is 0.450. The van der Waals surface area contributed by atoms with Crippen molar-refractivity contribution in [3.63, 3.8) is 0 Å². The van der Waals surface area contributed by atoms with Crippen LogP contribution in [-0.2, 0) is 0 Å². The van der Waals surface area contributed by atoms with Crippen molar-refractivity contribution >= 4 is 27.4 Å². The van der Waals surface area contributed by atoms with Gasteiger partial charge in [0.15, 0.2) is 5.82 Å². The Labute approximate surface area is 60.9 Å². The highest BCUT2D eigenvalue weighted by Crippen LogP contribution is 2.19. The van der Waals surface area contributed by atoms with Gasteiger partial charge in [0, 0.05) is 0 Å². The van der Waals surface area contributed by atoms with Crippen molar-refractivity contribution in [2.75, 3.05) is 5.73 Å². The van der Waals surface area contributed by atoms with Gasteiger partial charge < -0.3 is 5.73 Å². The van der Waals surface area contributed by atoms with E-state index in [2.05, 4.69) is 14.6 Å². The lowest BCUT2D eigenvalue weighted by Gasteiger charge is -1.88. The SMILES string of the molecule is Nc1nncc2sncc12. The molecule has 0 unspecified atom stereocenters. The molecule has 2 aromatic heterocycles. The highest BCUT2D eigenvalue weighted by atomic mass is 32.1. The average Bonchev–Trinajstić information content (AvgIpc) is 2.36. The number of rotatable bonds is 0. The summed E-state index contributed by atoms with van der Waals surface area (Å²) < 4.78 is 4.92. The molecule has 5 heteroatoms. The van der Waals surface area contributed by atoms with Gasteiger partial charge >= 0.3 is 0 Å². The van der Waals surface area contributed by atoms with E-state index < -0.39 is 0 Å². The van der Waals surface area contributed by atoms with Gasteiger partial charge in [-0.2, -0.15) is 9.47 Å². The number of hydrogen-bond acceptors (Lipinski definition) is 5. The summed E-state index contributed by atoms with van der Waals surface area (Å²) in [5, 5.41) is 8.24. The Morgan fingerprint density at radius 1 is 1.40 bits per heavy atom. The number of aromatic nitrogens is 3. The molecule has 0 spiro atoms. The second-order valence-corrected chi connectivity index (χ2v) is 2.67. The molecule has 2 heterocycles. The molecule has 0 aliphatic heterocycles. The van der Waals surface area contributed by atoms with Crippen LogP contribution < -0.4 is 5.73 Å². The van der Waals surface area contributed by atoms with E-state index in [-0.39, 0.29) is 0 Å². The standard InChI is InChI=1S/C5H4N4S/c6-5-3-1-8-10-4(3)2-7-9-5/h1-2H,(H2,6,9). The first-order valence-electron chi connectivity index (χ1n) is 2.69. The van der Waals surface area contributed by atoms with Crippen molar-refractivity contribution < 1.29 is 0 Å². The number of nitrogen functional groups attached to an aromatic ring is 1. The van der Waals surface area contributed by atoms with E-state index in [1.807, 2.05) is 0 Å². The van der Waals surface area contributed by atoms with Crippen molar-refractivity contribution in [3.8, 4) is 0 Å². The molecule has 0 radical (unpaired) electrons. The number of anilines is 1. The zero-order chi connectivity index (χ0) is 6.97. The Hall–Kier alpha value is -1.23. The third-order valence-electron chi connectivity index (χ3n) is 1.21. The van der Waals surface area contributed by atoms with Gasteiger partial charge in [0.05, 0.1) is 22.5 Å². The monoisotopic (exact) mass is 152 g/mol. The van der Waals surface area contributed by atoms with Crippen LogP contribution in [-0.4, -0.2) is 14.6 Å².